The largest absolute Gasteiger partial charge is 0.469 e. The molecule has 0 amide bonds. The number of hydrogen-bond acceptors (Lipinski definition) is 2. The smallest absolute Gasteiger partial charge is 0.101 e. The van der Waals surface area contributed by atoms with Gasteiger partial charge in [-0.2, -0.15) is 0 Å². The van der Waals surface area contributed by atoms with E-state index in [1.54, 1.807) is 6.26 Å². The van der Waals surface area contributed by atoms with Crippen molar-refractivity contribution in [2.75, 3.05) is 0 Å². The van der Waals surface area contributed by atoms with Gasteiger partial charge < -0.3 is 10.2 Å². The fraction of sp³-hybridized carbons (Fsp3) is 0.231. The molecule has 1 aromatic heterocycles. The van der Waals surface area contributed by atoms with Crippen molar-refractivity contribution in [2.45, 2.75) is 19.9 Å². The summed E-state index contributed by atoms with van der Waals surface area (Å²) in [6.07, 6.45) is 1.73. The molecule has 78 valence electrons. The van der Waals surface area contributed by atoms with Gasteiger partial charge in [-0.25, -0.2) is 0 Å². The Labute approximate surface area is 89.7 Å². The summed E-state index contributed by atoms with van der Waals surface area (Å²) in [6, 6.07) is 10.0. The van der Waals surface area contributed by atoms with Gasteiger partial charge in [0.25, 0.3) is 0 Å². The minimum atomic E-state index is -0.0938. The molecular weight excluding hydrogens is 186 g/mol. The van der Waals surface area contributed by atoms with E-state index < -0.39 is 0 Å². The maximum absolute atomic E-state index is 6.17. The third kappa shape index (κ3) is 1.95. The normalized spacial score (nSPS) is 12.7. The zero-order valence-electron chi connectivity index (χ0n) is 9.03. The third-order valence-corrected chi connectivity index (χ3v) is 2.63. The minimum Gasteiger partial charge on any atom is -0.469 e. The molecule has 2 aromatic rings. The SMILES string of the molecule is Cc1cc(C(N)c2ccccc2C)co1. The molecule has 2 rings (SSSR count). The summed E-state index contributed by atoms with van der Waals surface area (Å²) in [5.74, 6) is 0.897. The zero-order valence-corrected chi connectivity index (χ0v) is 9.03. The van der Waals surface area contributed by atoms with Gasteiger partial charge in [0.15, 0.2) is 0 Å². The maximum atomic E-state index is 6.17. The molecule has 0 aliphatic heterocycles. The Kier molecular flexibility index (Phi) is 2.60. The van der Waals surface area contributed by atoms with Crippen molar-refractivity contribution in [3.8, 4) is 0 Å². The van der Waals surface area contributed by atoms with Gasteiger partial charge in [0.2, 0.25) is 0 Å². The fourth-order valence-electron chi connectivity index (χ4n) is 1.74. The molecule has 2 N–H and O–H groups in total. The molecule has 1 heterocycles. The first-order valence-corrected chi connectivity index (χ1v) is 5.04. The van der Waals surface area contributed by atoms with E-state index in [-0.39, 0.29) is 6.04 Å². The van der Waals surface area contributed by atoms with E-state index in [1.807, 2.05) is 25.1 Å². The predicted molar refractivity (Wildman–Crippen MR) is 60.7 cm³/mol. The second kappa shape index (κ2) is 3.91. The highest BCUT2D eigenvalue weighted by molar-refractivity contribution is 5.35. The van der Waals surface area contributed by atoms with Crippen LogP contribution in [0.2, 0.25) is 0 Å². The van der Waals surface area contributed by atoms with Crippen molar-refractivity contribution in [2.24, 2.45) is 5.73 Å². The van der Waals surface area contributed by atoms with Crippen molar-refractivity contribution in [3.05, 3.63) is 59.0 Å². The third-order valence-electron chi connectivity index (χ3n) is 2.63. The molecule has 0 bridgehead atoms. The van der Waals surface area contributed by atoms with Crippen molar-refractivity contribution in [1.82, 2.24) is 0 Å². The summed E-state index contributed by atoms with van der Waals surface area (Å²) in [7, 11) is 0. The van der Waals surface area contributed by atoms with E-state index in [9.17, 15) is 0 Å². The van der Waals surface area contributed by atoms with Crippen LogP contribution in [0, 0.1) is 13.8 Å². The Morgan fingerprint density at radius 3 is 2.53 bits per heavy atom. The average molecular weight is 201 g/mol. The van der Waals surface area contributed by atoms with Crippen LogP contribution in [0.25, 0.3) is 0 Å². The lowest BCUT2D eigenvalue weighted by Gasteiger charge is -2.12. The molecule has 0 radical (unpaired) electrons. The van der Waals surface area contributed by atoms with Crippen molar-refractivity contribution >= 4 is 0 Å². The van der Waals surface area contributed by atoms with Crippen LogP contribution in [0.15, 0.2) is 41.0 Å². The Morgan fingerprint density at radius 1 is 1.20 bits per heavy atom. The van der Waals surface area contributed by atoms with Crippen molar-refractivity contribution in [1.29, 1.82) is 0 Å². The molecule has 2 nitrogen and oxygen atoms in total. The Morgan fingerprint density at radius 2 is 1.93 bits per heavy atom. The lowest BCUT2D eigenvalue weighted by Crippen LogP contribution is -2.12. The highest BCUT2D eigenvalue weighted by Gasteiger charge is 2.12. The van der Waals surface area contributed by atoms with Crippen molar-refractivity contribution in [3.63, 3.8) is 0 Å². The number of hydrogen-bond donors (Lipinski definition) is 1. The number of benzene rings is 1. The first-order chi connectivity index (χ1) is 7.18. The van der Waals surface area contributed by atoms with Crippen LogP contribution in [0.4, 0.5) is 0 Å². The maximum Gasteiger partial charge on any atom is 0.101 e. The standard InChI is InChI=1S/C13H15NO/c1-9-5-3-4-6-12(9)13(14)11-7-10(2)15-8-11/h3-8,13H,14H2,1-2H3. The van der Waals surface area contributed by atoms with Crippen LogP contribution in [0.1, 0.15) is 28.5 Å². The van der Waals surface area contributed by atoms with Gasteiger partial charge in [0.1, 0.15) is 5.76 Å². The molecule has 0 spiro atoms. The van der Waals surface area contributed by atoms with Gasteiger partial charge in [-0.3, -0.25) is 0 Å². The zero-order chi connectivity index (χ0) is 10.8. The molecule has 1 aromatic carbocycles. The number of furan rings is 1. The molecule has 0 saturated carbocycles. The van der Waals surface area contributed by atoms with E-state index in [1.165, 1.54) is 5.56 Å². The van der Waals surface area contributed by atoms with Crippen LogP contribution < -0.4 is 5.73 Å². The predicted octanol–water partition coefficient (Wildman–Crippen LogP) is 2.94. The minimum absolute atomic E-state index is 0.0938. The van der Waals surface area contributed by atoms with Gasteiger partial charge in [-0.15, -0.1) is 0 Å². The Bertz CT molecular complexity index is 459. The molecule has 0 saturated heterocycles. The summed E-state index contributed by atoms with van der Waals surface area (Å²) in [5, 5.41) is 0. The lowest BCUT2D eigenvalue weighted by atomic mass is 9.98. The van der Waals surface area contributed by atoms with Crippen LogP contribution >= 0.6 is 0 Å². The van der Waals surface area contributed by atoms with Crippen LogP contribution in [-0.2, 0) is 0 Å². The summed E-state index contributed by atoms with van der Waals surface area (Å²) in [4.78, 5) is 0. The molecule has 15 heavy (non-hydrogen) atoms. The lowest BCUT2D eigenvalue weighted by molar-refractivity contribution is 0.530. The molecule has 0 fully saturated rings. The Hall–Kier alpha value is -1.54. The van der Waals surface area contributed by atoms with E-state index >= 15 is 0 Å². The van der Waals surface area contributed by atoms with Crippen LogP contribution in [0.3, 0.4) is 0 Å². The number of rotatable bonds is 2. The first-order valence-electron chi connectivity index (χ1n) is 5.04. The number of nitrogens with two attached hydrogens (primary N) is 1. The highest BCUT2D eigenvalue weighted by atomic mass is 16.3. The molecular formula is C13H15NO. The number of aryl methyl sites for hydroxylation is 2. The van der Waals surface area contributed by atoms with Gasteiger partial charge in [0.05, 0.1) is 12.3 Å². The van der Waals surface area contributed by atoms with Gasteiger partial charge in [-0.1, -0.05) is 24.3 Å². The van der Waals surface area contributed by atoms with E-state index in [2.05, 4.69) is 19.1 Å². The van der Waals surface area contributed by atoms with E-state index in [4.69, 9.17) is 10.2 Å². The Balaban J connectivity index is 2.36. The van der Waals surface area contributed by atoms with Crippen LogP contribution in [-0.4, -0.2) is 0 Å². The quantitative estimate of drug-likeness (QED) is 0.811. The topological polar surface area (TPSA) is 39.2 Å². The summed E-state index contributed by atoms with van der Waals surface area (Å²) >= 11 is 0. The first kappa shape index (κ1) is 9.99. The van der Waals surface area contributed by atoms with E-state index in [0.29, 0.717) is 0 Å². The molecule has 0 aliphatic rings. The van der Waals surface area contributed by atoms with E-state index in [0.717, 1.165) is 16.9 Å². The average Bonchev–Trinajstić information content (AvgIpc) is 2.65. The fourth-order valence-corrected chi connectivity index (χ4v) is 1.74. The monoisotopic (exact) mass is 201 g/mol. The van der Waals surface area contributed by atoms with Gasteiger partial charge >= 0.3 is 0 Å². The molecule has 2 heteroatoms. The summed E-state index contributed by atoms with van der Waals surface area (Å²) < 4.78 is 5.27. The molecule has 0 aliphatic carbocycles. The second-order valence-corrected chi connectivity index (χ2v) is 3.82. The summed E-state index contributed by atoms with van der Waals surface area (Å²) in [5.41, 5.74) is 9.56. The van der Waals surface area contributed by atoms with Crippen molar-refractivity contribution < 1.29 is 4.42 Å². The second-order valence-electron chi connectivity index (χ2n) is 3.82. The molecule has 1 unspecified atom stereocenters. The van der Waals surface area contributed by atoms with Gasteiger partial charge in [-0.05, 0) is 31.0 Å². The summed E-state index contributed by atoms with van der Waals surface area (Å²) in [6.45, 7) is 4.00. The van der Waals surface area contributed by atoms with Gasteiger partial charge in [0, 0.05) is 5.56 Å². The molecule has 1 atom stereocenters. The highest BCUT2D eigenvalue weighted by Crippen LogP contribution is 2.23. The van der Waals surface area contributed by atoms with Crippen LogP contribution in [0.5, 0.6) is 0 Å².